The van der Waals surface area contributed by atoms with E-state index in [-0.39, 0.29) is 125 Å². The molecule has 0 radical (unpaired) electrons. The molecule has 6 saturated heterocycles. The number of hydrogen-bond acceptors (Lipinski definition) is 22. The predicted molar refractivity (Wildman–Crippen MR) is 381 cm³/mol. The van der Waals surface area contributed by atoms with Gasteiger partial charge in [-0.3, -0.25) is 53.1 Å². The van der Waals surface area contributed by atoms with Gasteiger partial charge in [0.1, 0.15) is 54.0 Å². The van der Waals surface area contributed by atoms with Gasteiger partial charge in [-0.05, 0) is 128 Å². The van der Waals surface area contributed by atoms with E-state index >= 15 is 0 Å². The average Bonchev–Trinajstić information content (AvgIpc) is 1.67. The van der Waals surface area contributed by atoms with Gasteiger partial charge in [0.15, 0.2) is 18.7 Å². The topological polar surface area (TPSA) is 326 Å². The summed E-state index contributed by atoms with van der Waals surface area (Å²) >= 11 is 0. The molecule has 0 saturated carbocycles. The van der Waals surface area contributed by atoms with E-state index in [0.29, 0.717) is 84.8 Å². The fourth-order valence-corrected chi connectivity index (χ4v) is 12.0. The number of likely N-dealkylation sites (tertiary alicyclic amines) is 3. The summed E-state index contributed by atoms with van der Waals surface area (Å²) in [6, 6.07) is -2.05. The van der Waals surface area contributed by atoms with Gasteiger partial charge in [-0.2, -0.15) is 0 Å². The van der Waals surface area contributed by atoms with E-state index in [4.69, 9.17) is 53.1 Å². The number of nitrogens with zero attached hydrogens (tertiary/aromatic N) is 6. The highest BCUT2D eigenvalue weighted by Crippen LogP contribution is 2.35. The summed E-state index contributed by atoms with van der Waals surface area (Å²) in [6.07, 6.45) is 3.89. The Morgan fingerprint density at radius 1 is 0.437 bits per heavy atom. The Morgan fingerprint density at radius 3 is 1.10 bits per heavy atom. The normalized spacial score (nSPS) is 21.8. The van der Waals surface area contributed by atoms with Crippen molar-refractivity contribution in [3.8, 4) is 0 Å². The first kappa shape index (κ1) is 87.5. The summed E-state index contributed by atoms with van der Waals surface area (Å²) in [4.78, 5) is 148. The number of nitrogens with two attached hydrogens (primary N) is 1. The monoisotopic (exact) mass is 1450 g/mol. The Labute approximate surface area is 608 Å². The zero-order chi connectivity index (χ0) is 77.5. The van der Waals surface area contributed by atoms with Crippen LogP contribution in [0.15, 0.2) is 74.4 Å². The van der Waals surface area contributed by atoms with Crippen LogP contribution in [0.2, 0.25) is 0 Å². The summed E-state index contributed by atoms with van der Waals surface area (Å²) in [5, 5.41) is 0. The molecule has 0 spiro atoms. The van der Waals surface area contributed by atoms with Crippen molar-refractivity contribution >= 4 is 65.7 Å². The summed E-state index contributed by atoms with van der Waals surface area (Å²) < 4.78 is 54.7. The molecule has 3 unspecified atom stereocenters. The van der Waals surface area contributed by atoms with Crippen LogP contribution in [0.5, 0.6) is 0 Å². The largest absolute Gasteiger partial charge is 0.461 e. The molecule has 6 fully saturated rings. The van der Waals surface area contributed by atoms with E-state index < -0.39 is 95.2 Å². The Balaban J connectivity index is 0.000000336. The fraction of sp³-hybridized carbons (Fsp3) is 0.693. The van der Waals surface area contributed by atoms with E-state index in [1.807, 2.05) is 20.8 Å². The minimum Gasteiger partial charge on any atom is -0.461 e. The van der Waals surface area contributed by atoms with Gasteiger partial charge in [0.25, 0.3) is 0 Å². The molecular formula is C75H117N7O21. The lowest BCUT2D eigenvalue weighted by molar-refractivity contribution is -0.160. The molecule has 6 aliphatic rings. The SMILES string of the molecule is C=CCOC(=O)[C@@H](C)CCC(=O)N1CCOC1[C@@H]1CC(=C)CN1C(=O)OC(C)(C)C.C=CCOC(=O)[C@@H](N)CCC(=O)N1CCOC1[C@@H]1CC(=C)CN1C(=O)OC(C)(C)C.C=CCOC(=O)[C@H](CCC(=O)N1CCOC1[C@@H]1CC(=C)CN1C(=O)OC(C)(C)C)CC(=O)CC[C@H](C)C(=O)OC(C)(C)C. The Hall–Kier alpha value is -7.95. The number of carbonyl (C=O) groups is 11. The number of Topliss-reactive ketones (excluding diaryl/α,β-unsaturated/α-hetero) is 1. The first-order valence-electron chi connectivity index (χ1n) is 35.5. The highest BCUT2D eigenvalue weighted by atomic mass is 16.6. The van der Waals surface area contributed by atoms with Crippen molar-refractivity contribution in [1.82, 2.24) is 29.4 Å². The highest BCUT2D eigenvalue weighted by molar-refractivity contribution is 5.86. The summed E-state index contributed by atoms with van der Waals surface area (Å²) in [5.41, 5.74) is 5.86. The van der Waals surface area contributed by atoms with Gasteiger partial charge in [0.05, 0.1) is 55.7 Å². The highest BCUT2D eigenvalue weighted by Gasteiger charge is 2.48. The first-order valence-corrected chi connectivity index (χ1v) is 35.5. The maximum absolute atomic E-state index is 13.4. The second kappa shape index (κ2) is 39.8. The molecule has 0 aromatic carbocycles. The standard InChI is InChI=1S/C32H50N2O9.C22H34N2O6.C21H33N3O6/c1-10-16-41-29(38)23(19-24(35)13-11-22(3)28(37)42-31(4,5)6)12-14-26(36)33-15-17-40-27(33)25-18-21(2)20-34(25)30(39)43-32(7,8)9;1-7-11-29-20(26)16(3)8-9-18(25)23-10-12-28-19(23)17-13-15(2)14-24(17)21(27)30-22(4,5)6;1-6-10-29-19(26)15(22)7-8-17(25)23-9-11-28-18(23)16-12-14(2)13-24(16)20(27)30-21(3,4)5/h10,22-23,25,27H,1-2,11-20H2,3-9H3;7,16-17,19H,1-2,8-14H2,3-6H3;6,15-16,18H,1-2,7-13,22H2,3-5H3/t22-,23+,25-,27?;16-,17-,19?;15-,16-,18?/m000/s1. The van der Waals surface area contributed by atoms with Crippen LogP contribution >= 0.6 is 0 Å². The molecule has 2 N–H and O–H groups in total. The van der Waals surface area contributed by atoms with Crippen molar-refractivity contribution < 1.29 is 100 Å². The third kappa shape index (κ3) is 28.9. The Morgan fingerprint density at radius 2 is 0.748 bits per heavy atom. The number of ketones is 1. The quantitative estimate of drug-likeness (QED) is 0.0455. The summed E-state index contributed by atoms with van der Waals surface area (Å²) in [7, 11) is 0. The van der Waals surface area contributed by atoms with Crippen LogP contribution in [0.3, 0.4) is 0 Å². The zero-order valence-corrected chi connectivity index (χ0v) is 63.6. The maximum atomic E-state index is 13.4. The predicted octanol–water partition coefficient (Wildman–Crippen LogP) is 9.04. The van der Waals surface area contributed by atoms with Gasteiger partial charge in [0, 0.05) is 71.4 Å². The molecule has 28 heteroatoms. The molecule has 6 aliphatic heterocycles. The molecule has 28 nitrogen and oxygen atoms in total. The smallest absolute Gasteiger partial charge is 0.410 e. The zero-order valence-electron chi connectivity index (χ0n) is 63.6. The molecule has 103 heavy (non-hydrogen) atoms. The third-order valence-corrected chi connectivity index (χ3v) is 16.9. The third-order valence-electron chi connectivity index (χ3n) is 16.9. The van der Waals surface area contributed by atoms with Crippen LogP contribution in [0.1, 0.15) is 174 Å². The van der Waals surface area contributed by atoms with Crippen LogP contribution in [0.25, 0.3) is 0 Å². The van der Waals surface area contributed by atoms with E-state index in [1.165, 1.54) is 18.2 Å². The number of ether oxygens (including phenoxy) is 10. The van der Waals surface area contributed by atoms with Crippen molar-refractivity contribution in [2.24, 2.45) is 23.5 Å². The lowest BCUT2D eigenvalue weighted by Gasteiger charge is -2.34. The minimum atomic E-state index is -0.889. The van der Waals surface area contributed by atoms with Gasteiger partial charge in [-0.1, -0.05) is 88.3 Å². The van der Waals surface area contributed by atoms with E-state index in [1.54, 1.807) is 106 Å². The molecule has 578 valence electrons. The van der Waals surface area contributed by atoms with Crippen molar-refractivity contribution in [1.29, 1.82) is 0 Å². The minimum absolute atomic E-state index is 0.0126. The number of esters is 4. The second-order valence-electron chi connectivity index (χ2n) is 30.7. The molecular weight excluding hydrogens is 1330 g/mol. The molecule has 0 aliphatic carbocycles. The average molecular weight is 1450 g/mol. The van der Waals surface area contributed by atoms with Crippen LogP contribution < -0.4 is 5.73 Å². The molecule has 10 atom stereocenters. The van der Waals surface area contributed by atoms with Gasteiger partial charge < -0.3 is 67.8 Å². The second-order valence-corrected chi connectivity index (χ2v) is 30.7. The van der Waals surface area contributed by atoms with Crippen molar-refractivity contribution in [2.45, 2.75) is 239 Å². The van der Waals surface area contributed by atoms with Crippen LogP contribution in [0.4, 0.5) is 14.4 Å². The number of rotatable bonds is 27. The maximum Gasteiger partial charge on any atom is 0.410 e. The summed E-state index contributed by atoms with van der Waals surface area (Å²) in [6.45, 7) is 51.1. The van der Waals surface area contributed by atoms with Crippen molar-refractivity contribution in [3.63, 3.8) is 0 Å². The lowest BCUT2D eigenvalue weighted by atomic mass is 9.93. The molecule has 6 amide bonds. The first-order chi connectivity index (χ1) is 48.0. The van der Waals surface area contributed by atoms with Gasteiger partial charge >= 0.3 is 42.2 Å². The molecule has 0 bridgehead atoms. The number of carbonyl (C=O) groups excluding carboxylic acids is 11. The molecule has 0 aromatic rings. The van der Waals surface area contributed by atoms with Gasteiger partial charge in [-0.25, -0.2) is 14.4 Å². The number of hydrogen-bond donors (Lipinski definition) is 1. The van der Waals surface area contributed by atoms with Gasteiger partial charge in [-0.15, -0.1) is 0 Å². The molecule has 6 heterocycles. The lowest BCUT2D eigenvalue weighted by Crippen LogP contribution is -2.51. The van der Waals surface area contributed by atoms with Crippen molar-refractivity contribution in [2.75, 3.05) is 78.9 Å². The van der Waals surface area contributed by atoms with E-state index in [0.717, 1.165) is 16.7 Å². The Kier molecular flexibility index (Phi) is 33.8. The van der Waals surface area contributed by atoms with E-state index in [9.17, 15) is 52.7 Å². The number of amides is 6. The van der Waals surface area contributed by atoms with Crippen LogP contribution in [-0.4, -0.2) is 239 Å². The van der Waals surface area contributed by atoms with Crippen molar-refractivity contribution in [3.05, 3.63) is 74.4 Å². The van der Waals surface area contributed by atoms with Crippen LogP contribution in [0, 0.1) is 17.8 Å². The van der Waals surface area contributed by atoms with Gasteiger partial charge in [0.2, 0.25) is 17.7 Å². The van der Waals surface area contributed by atoms with E-state index in [2.05, 4.69) is 39.5 Å². The molecule has 6 rings (SSSR count). The molecule has 0 aromatic heterocycles. The van der Waals surface area contributed by atoms with Crippen LogP contribution in [-0.2, 0) is 85.7 Å². The Bertz CT molecular complexity index is 2930. The fourth-order valence-electron chi connectivity index (χ4n) is 12.0. The summed E-state index contributed by atoms with van der Waals surface area (Å²) in [5.74, 6) is -4.34.